The monoisotopic (exact) mass is 506 g/mol. The van der Waals surface area contributed by atoms with Gasteiger partial charge in [-0.15, -0.1) is 0 Å². The summed E-state index contributed by atoms with van der Waals surface area (Å²) in [6.07, 6.45) is 5.76. The summed E-state index contributed by atoms with van der Waals surface area (Å²) < 4.78 is 17.1. The predicted molar refractivity (Wildman–Crippen MR) is 142 cm³/mol. The molecule has 7 heteroatoms. The molecule has 1 aliphatic rings. The summed E-state index contributed by atoms with van der Waals surface area (Å²) >= 11 is 0. The largest absolute Gasteiger partial charge is 0.478 e. The second kappa shape index (κ2) is 11.7. The number of carbonyl (C=O) groups excluding carboxylic acids is 1. The highest BCUT2D eigenvalue weighted by molar-refractivity contribution is 5.96. The third-order valence-electron chi connectivity index (χ3n) is 7.37. The first-order valence-corrected chi connectivity index (χ1v) is 13.2. The van der Waals surface area contributed by atoms with Crippen molar-refractivity contribution in [1.82, 2.24) is 9.13 Å². The zero-order valence-electron chi connectivity index (χ0n) is 21.6. The van der Waals surface area contributed by atoms with Crippen LogP contribution in [0, 0.1) is 11.8 Å². The van der Waals surface area contributed by atoms with E-state index >= 15 is 0 Å². The molecule has 1 heterocycles. The minimum absolute atomic E-state index is 0.188. The van der Waals surface area contributed by atoms with E-state index in [0.29, 0.717) is 23.6 Å². The van der Waals surface area contributed by atoms with E-state index in [0.717, 1.165) is 54.2 Å². The number of aromatic nitrogens is 2. The lowest BCUT2D eigenvalue weighted by Gasteiger charge is -2.20. The maximum atomic E-state index is 14.4. The fourth-order valence-corrected chi connectivity index (χ4v) is 5.29. The summed E-state index contributed by atoms with van der Waals surface area (Å²) in [6.45, 7) is 3.51. The van der Waals surface area contributed by atoms with Crippen molar-refractivity contribution >= 4 is 11.9 Å². The number of hydrogen-bond acceptors (Lipinski definition) is 3. The molecule has 4 rings (SSSR count). The van der Waals surface area contributed by atoms with Crippen LogP contribution in [0.2, 0.25) is 0 Å². The highest BCUT2D eigenvalue weighted by atomic mass is 19.1. The minimum atomic E-state index is -0.997. The number of hydrogen-bond donors (Lipinski definition) is 1. The zero-order chi connectivity index (χ0) is 26.5. The van der Waals surface area contributed by atoms with Gasteiger partial charge in [-0.05, 0) is 54.4 Å². The van der Waals surface area contributed by atoms with E-state index in [9.17, 15) is 23.9 Å². The molecule has 0 radical (unpaired) electrons. The van der Waals surface area contributed by atoms with Crippen LogP contribution in [0.1, 0.15) is 84.5 Å². The average Bonchev–Trinajstić information content (AvgIpc) is 3.18. The molecule has 1 saturated carbocycles. The number of imidazole rings is 1. The Labute approximate surface area is 216 Å². The van der Waals surface area contributed by atoms with Crippen LogP contribution < -0.4 is 5.69 Å². The lowest BCUT2D eigenvalue weighted by Crippen LogP contribution is -2.35. The van der Waals surface area contributed by atoms with Gasteiger partial charge in [-0.3, -0.25) is 9.36 Å². The second-order valence-corrected chi connectivity index (χ2v) is 10.4. The Morgan fingerprint density at radius 3 is 2.30 bits per heavy atom. The first-order valence-electron chi connectivity index (χ1n) is 13.2. The van der Waals surface area contributed by atoms with Crippen molar-refractivity contribution in [2.24, 2.45) is 11.8 Å². The van der Waals surface area contributed by atoms with E-state index < -0.39 is 18.3 Å². The Morgan fingerprint density at radius 1 is 1.00 bits per heavy atom. The topological polar surface area (TPSA) is 81.3 Å². The number of nitrogens with zero attached hydrogens (tertiary/aromatic N) is 2. The van der Waals surface area contributed by atoms with Crippen LogP contribution in [0.15, 0.2) is 53.3 Å². The van der Waals surface area contributed by atoms with Crippen LogP contribution in [-0.4, -0.2) is 26.1 Å². The van der Waals surface area contributed by atoms with Crippen LogP contribution in [0.4, 0.5) is 4.39 Å². The molecular weight excluding hydrogens is 471 g/mol. The third kappa shape index (κ3) is 5.76. The van der Waals surface area contributed by atoms with Gasteiger partial charge < -0.3 is 5.11 Å². The van der Waals surface area contributed by atoms with Crippen molar-refractivity contribution in [2.75, 3.05) is 0 Å². The molecule has 0 saturated heterocycles. The smallest absolute Gasteiger partial charge is 0.336 e. The highest BCUT2D eigenvalue weighted by Gasteiger charge is 2.29. The van der Waals surface area contributed by atoms with Gasteiger partial charge in [0.2, 0.25) is 5.91 Å². The summed E-state index contributed by atoms with van der Waals surface area (Å²) in [4.78, 5) is 38.6. The molecule has 1 fully saturated rings. The van der Waals surface area contributed by atoms with Crippen LogP contribution in [0.5, 0.6) is 0 Å². The number of carbonyl (C=O) groups is 2. The second-order valence-electron chi connectivity index (χ2n) is 10.4. The standard InChI is InChI=1S/C30H35FN2O4/c1-20(2)12-17-26-27(18-31)33(28(34)23-8-4-3-5-9-23)30(37)32(26)19-21-13-15-22(16-14-21)24-10-6-7-11-25(24)29(35)36/h6-7,10-11,13-16,20,23H,3-5,8-9,12,17-19H2,1-2H3,(H,35,36). The fraction of sp³-hybridized carbons (Fsp3) is 0.433. The van der Waals surface area contributed by atoms with E-state index in [2.05, 4.69) is 13.8 Å². The van der Waals surface area contributed by atoms with Gasteiger partial charge in [-0.25, -0.2) is 18.5 Å². The number of aromatic carboxylic acids is 1. The van der Waals surface area contributed by atoms with Gasteiger partial charge in [0.15, 0.2) is 0 Å². The van der Waals surface area contributed by atoms with Crippen LogP contribution in [0.25, 0.3) is 11.1 Å². The predicted octanol–water partition coefficient (Wildman–Crippen LogP) is 6.34. The Kier molecular flexibility index (Phi) is 8.41. The van der Waals surface area contributed by atoms with Crippen molar-refractivity contribution in [3.63, 3.8) is 0 Å². The number of benzene rings is 2. The van der Waals surface area contributed by atoms with E-state index in [-0.39, 0.29) is 29.6 Å². The molecule has 0 aliphatic heterocycles. The maximum absolute atomic E-state index is 14.4. The molecule has 0 amide bonds. The van der Waals surface area contributed by atoms with E-state index in [1.807, 2.05) is 24.3 Å². The first-order chi connectivity index (χ1) is 17.8. The van der Waals surface area contributed by atoms with Crippen molar-refractivity contribution in [1.29, 1.82) is 0 Å². The summed E-state index contributed by atoms with van der Waals surface area (Å²) in [6, 6.07) is 14.2. The Hall–Kier alpha value is -3.48. The summed E-state index contributed by atoms with van der Waals surface area (Å²) in [7, 11) is 0. The third-order valence-corrected chi connectivity index (χ3v) is 7.37. The number of rotatable bonds is 9. The first kappa shape index (κ1) is 26.6. The molecule has 0 atom stereocenters. The van der Waals surface area contributed by atoms with E-state index in [1.54, 1.807) is 28.8 Å². The zero-order valence-corrected chi connectivity index (χ0v) is 21.6. The molecule has 6 nitrogen and oxygen atoms in total. The van der Waals surface area contributed by atoms with Gasteiger partial charge in [0, 0.05) is 11.6 Å². The molecule has 2 aromatic carbocycles. The van der Waals surface area contributed by atoms with Gasteiger partial charge in [0.25, 0.3) is 0 Å². The molecule has 37 heavy (non-hydrogen) atoms. The molecule has 0 spiro atoms. The molecule has 1 N–H and O–H groups in total. The normalized spacial score (nSPS) is 14.3. The highest BCUT2D eigenvalue weighted by Crippen LogP contribution is 2.27. The maximum Gasteiger partial charge on any atom is 0.336 e. The van der Waals surface area contributed by atoms with Crippen LogP contribution in [-0.2, 0) is 19.6 Å². The minimum Gasteiger partial charge on any atom is -0.478 e. The quantitative estimate of drug-likeness (QED) is 0.367. The van der Waals surface area contributed by atoms with E-state index in [4.69, 9.17) is 0 Å². The van der Waals surface area contributed by atoms with Gasteiger partial charge >= 0.3 is 11.7 Å². The van der Waals surface area contributed by atoms with Crippen molar-refractivity contribution in [3.05, 3.63) is 81.5 Å². The average molecular weight is 507 g/mol. The van der Waals surface area contributed by atoms with Gasteiger partial charge in [0.1, 0.15) is 6.67 Å². The molecule has 1 aromatic heterocycles. The van der Waals surface area contributed by atoms with E-state index in [1.165, 1.54) is 0 Å². The van der Waals surface area contributed by atoms with Crippen molar-refractivity contribution in [3.8, 4) is 11.1 Å². The van der Waals surface area contributed by atoms with Gasteiger partial charge in [-0.1, -0.05) is 75.6 Å². The van der Waals surface area contributed by atoms with Gasteiger partial charge in [-0.2, -0.15) is 0 Å². The summed E-state index contributed by atoms with van der Waals surface area (Å²) in [5.41, 5.74) is 2.70. The van der Waals surface area contributed by atoms with Crippen molar-refractivity contribution < 1.29 is 19.1 Å². The lowest BCUT2D eigenvalue weighted by molar-refractivity contribution is 0.0697. The molecule has 0 bridgehead atoms. The molecule has 196 valence electrons. The van der Waals surface area contributed by atoms with Gasteiger partial charge in [0.05, 0.1) is 17.8 Å². The molecule has 3 aromatic rings. The summed E-state index contributed by atoms with van der Waals surface area (Å²) in [5, 5.41) is 9.52. The lowest BCUT2D eigenvalue weighted by atomic mass is 9.88. The van der Waals surface area contributed by atoms with Crippen LogP contribution in [0.3, 0.4) is 0 Å². The fourth-order valence-electron chi connectivity index (χ4n) is 5.29. The molecule has 0 unspecified atom stereocenters. The van der Waals surface area contributed by atoms with Crippen LogP contribution >= 0.6 is 0 Å². The summed E-state index contributed by atoms with van der Waals surface area (Å²) in [5.74, 6) is -1.15. The number of carboxylic acids is 1. The Morgan fingerprint density at radius 2 is 1.68 bits per heavy atom. The number of carboxylic acid groups (broad SMARTS) is 1. The number of halogens is 1. The Balaban J connectivity index is 1.70. The number of alkyl halides is 1. The molecule has 1 aliphatic carbocycles. The Bertz CT molecular complexity index is 1310. The SMILES string of the molecule is CC(C)CCc1c(CF)n(C(=O)C2CCCCC2)c(=O)n1Cc1ccc(-c2ccccc2C(=O)O)cc1. The van der Waals surface area contributed by atoms with Crippen molar-refractivity contribution in [2.45, 2.75) is 72.0 Å². The molecular formula is C30H35FN2O4.